The lowest BCUT2D eigenvalue weighted by molar-refractivity contribution is 0.418. The fraction of sp³-hybridized carbons (Fsp3) is 0.455. The molecule has 0 spiro atoms. The molecule has 76 valence electrons. The van der Waals surface area contributed by atoms with E-state index in [0.717, 1.165) is 18.4 Å². The van der Waals surface area contributed by atoms with Crippen molar-refractivity contribution in [2.45, 2.75) is 18.9 Å². The van der Waals surface area contributed by atoms with Gasteiger partial charge in [-0.3, -0.25) is 0 Å². The van der Waals surface area contributed by atoms with Crippen LogP contribution in [0.5, 0.6) is 0 Å². The molecule has 0 aliphatic heterocycles. The van der Waals surface area contributed by atoms with Gasteiger partial charge in [-0.05, 0) is 37.1 Å². The quantitative estimate of drug-likeness (QED) is 0.767. The standard InChI is InChI=1S/C11H15FN2/c12-9-3-1-8(2-4-9)10(14)11(7-13)5-6-11/h1-4,10H,5-7,13-14H2. The molecule has 1 aromatic rings. The Morgan fingerprint density at radius 1 is 1.29 bits per heavy atom. The van der Waals surface area contributed by atoms with Crippen molar-refractivity contribution in [3.8, 4) is 0 Å². The average molecular weight is 194 g/mol. The summed E-state index contributed by atoms with van der Waals surface area (Å²) >= 11 is 0. The highest BCUT2D eigenvalue weighted by molar-refractivity contribution is 5.24. The van der Waals surface area contributed by atoms with Gasteiger partial charge in [0, 0.05) is 11.5 Å². The Labute approximate surface area is 83.1 Å². The first-order chi connectivity index (χ1) is 6.68. The van der Waals surface area contributed by atoms with E-state index in [1.165, 1.54) is 12.1 Å². The van der Waals surface area contributed by atoms with Gasteiger partial charge >= 0.3 is 0 Å². The first kappa shape index (κ1) is 9.62. The van der Waals surface area contributed by atoms with E-state index >= 15 is 0 Å². The van der Waals surface area contributed by atoms with Gasteiger partial charge in [0.05, 0.1) is 0 Å². The molecule has 0 saturated heterocycles. The fourth-order valence-corrected chi connectivity index (χ4v) is 1.83. The first-order valence-corrected chi connectivity index (χ1v) is 4.89. The van der Waals surface area contributed by atoms with Gasteiger partial charge in [-0.25, -0.2) is 4.39 Å². The van der Waals surface area contributed by atoms with E-state index in [2.05, 4.69) is 0 Å². The van der Waals surface area contributed by atoms with E-state index in [1.807, 2.05) is 0 Å². The summed E-state index contributed by atoms with van der Waals surface area (Å²) in [7, 11) is 0. The maximum atomic E-state index is 12.7. The number of benzene rings is 1. The summed E-state index contributed by atoms with van der Waals surface area (Å²) in [5, 5.41) is 0. The molecule has 1 aromatic carbocycles. The van der Waals surface area contributed by atoms with Crippen LogP contribution >= 0.6 is 0 Å². The van der Waals surface area contributed by atoms with Crippen LogP contribution in [0.4, 0.5) is 4.39 Å². The molecule has 1 aliphatic rings. The van der Waals surface area contributed by atoms with Crippen molar-refractivity contribution >= 4 is 0 Å². The predicted octanol–water partition coefficient (Wildman–Crippen LogP) is 1.56. The lowest BCUT2D eigenvalue weighted by Crippen LogP contribution is -2.29. The van der Waals surface area contributed by atoms with Crippen molar-refractivity contribution in [1.29, 1.82) is 0 Å². The first-order valence-electron chi connectivity index (χ1n) is 4.89. The lowest BCUT2D eigenvalue weighted by Gasteiger charge is -2.21. The number of hydrogen-bond donors (Lipinski definition) is 2. The molecule has 0 radical (unpaired) electrons. The number of halogens is 1. The molecule has 0 heterocycles. The van der Waals surface area contributed by atoms with Crippen molar-refractivity contribution < 1.29 is 4.39 Å². The summed E-state index contributed by atoms with van der Waals surface area (Å²) in [6.45, 7) is 0.617. The summed E-state index contributed by atoms with van der Waals surface area (Å²) in [5.74, 6) is -0.224. The Kier molecular flexibility index (Phi) is 2.29. The molecule has 0 aromatic heterocycles. The molecule has 0 bridgehead atoms. The Hall–Kier alpha value is -0.930. The maximum Gasteiger partial charge on any atom is 0.123 e. The zero-order chi connectivity index (χ0) is 10.2. The zero-order valence-corrected chi connectivity index (χ0v) is 8.04. The van der Waals surface area contributed by atoms with Crippen molar-refractivity contribution in [2.24, 2.45) is 16.9 Å². The predicted molar refractivity (Wildman–Crippen MR) is 54.0 cm³/mol. The summed E-state index contributed by atoms with van der Waals surface area (Å²) in [5.41, 5.74) is 12.8. The van der Waals surface area contributed by atoms with Crippen LogP contribution < -0.4 is 11.5 Å². The number of hydrogen-bond acceptors (Lipinski definition) is 2. The Morgan fingerprint density at radius 2 is 1.86 bits per heavy atom. The minimum absolute atomic E-state index is 0.0481. The molecule has 2 rings (SSSR count). The average Bonchev–Trinajstić information content (AvgIpc) is 2.99. The molecule has 2 nitrogen and oxygen atoms in total. The number of nitrogens with two attached hydrogens (primary N) is 2. The molecule has 1 atom stereocenters. The monoisotopic (exact) mass is 194 g/mol. The molecule has 14 heavy (non-hydrogen) atoms. The molecule has 1 aliphatic carbocycles. The van der Waals surface area contributed by atoms with E-state index in [4.69, 9.17) is 11.5 Å². The van der Waals surface area contributed by atoms with Crippen LogP contribution in [0.25, 0.3) is 0 Å². The van der Waals surface area contributed by atoms with Crippen molar-refractivity contribution in [3.63, 3.8) is 0 Å². The molecule has 1 saturated carbocycles. The van der Waals surface area contributed by atoms with E-state index in [1.54, 1.807) is 12.1 Å². The highest BCUT2D eigenvalue weighted by Crippen LogP contribution is 2.52. The van der Waals surface area contributed by atoms with E-state index in [9.17, 15) is 4.39 Å². The summed E-state index contributed by atoms with van der Waals surface area (Å²) in [6.07, 6.45) is 2.17. The Morgan fingerprint density at radius 3 is 2.29 bits per heavy atom. The van der Waals surface area contributed by atoms with Gasteiger partial charge in [0.15, 0.2) is 0 Å². The molecule has 0 amide bonds. The molecule has 1 unspecified atom stereocenters. The Bertz CT molecular complexity index is 317. The van der Waals surface area contributed by atoms with Gasteiger partial charge in [0.2, 0.25) is 0 Å². The molecule has 3 heteroatoms. The topological polar surface area (TPSA) is 52.0 Å². The number of rotatable bonds is 3. The van der Waals surface area contributed by atoms with Crippen LogP contribution in [0.15, 0.2) is 24.3 Å². The minimum atomic E-state index is -0.224. The van der Waals surface area contributed by atoms with Crippen LogP contribution in [-0.2, 0) is 0 Å². The normalized spacial score (nSPS) is 20.5. The van der Waals surface area contributed by atoms with Crippen LogP contribution in [0, 0.1) is 11.2 Å². The van der Waals surface area contributed by atoms with E-state index in [0.29, 0.717) is 6.54 Å². The third-order valence-corrected chi connectivity index (χ3v) is 3.19. The second kappa shape index (κ2) is 3.33. The lowest BCUT2D eigenvalue weighted by atomic mass is 9.91. The van der Waals surface area contributed by atoms with Crippen molar-refractivity contribution in [1.82, 2.24) is 0 Å². The SMILES string of the molecule is NCC1(C(N)c2ccc(F)cc2)CC1. The second-order valence-corrected chi connectivity index (χ2v) is 4.10. The third-order valence-electron chi connectivity index (χ3n) is 3.19. The van der Waals surface area contributed by atoms with Gasteiger partial charge < -0.3 is 11.5 Å². The van der Waals surface area contributed by atoms with Crippen LogP contribution in [0.2, 0.25) is 0 Å². The highest BCUT2D eigenvalue weighted by atomic mass is 19.1. The highest BCUT2D eigenvalue weighted by Gasteiger charge is 2.46. The van der Waals surface area contributed by atoms with Gasteiger partial charge in [-0.1, -0.05) is 12.1 Å². The molecule has 1 fully saturated rings. The molecular formula is C11H15FN2. The second-order valence-electron chi connectivity index (χ2n) is 4.10. The van der Waals surface area contributed by atoms with Crippen LogP contribution in [-0.4, -0.2) is 6.54 Å². The van der Waals surface area contributed by atoms with Crippen LogP contribution in [0.3, 0.4) is 0 Å². The minimum Gasteiger partial charge on any atom is -0.330 e. The van der Waals surface area contributed by atoms with Crippen molar-refractivity contribution in [3.05, 3.63) is 35.6 Å². The maximum absolute atomic E-state index is 12.7. The molecule has 4 N–H and O–H groups in total. The zero-order valence-electron chi connectivity index (χ0n) is 8.04. The van der Waals surface area contributed by atoms with Gasteiger partial charge in [0.25, 0.3) is 0 Å². The van der Waals surface area contributed by atoms with Crippen molar-refractivity contribution in [2.75, 3.05) is 6.54 Å². The summed E-state index contributed by atoms with van der Waals surface area (Å²) in [4.78, 5) is 0. The molecular weight excluding hydrogens is 179 g/mol. The van der Waals surface area contributed by atoms with Gasteiger partial charge in [-0.2, -0.15) is 0 Å². The van der Waals surface area contributed by atoms with E-state index < -0.39 is 0 Å². The van der Waals surface area contributed by atoms with Crippen LogP contribution in [0.1, 0.15) is 24.4 Å². The fourth-order valence-electron chi connectivity index (χ4n) is 1.83. The Balaban J connectivity index is 2.19. The van der Waals surface area contributed by atoms with Gasteiger partial charge in [-0.15, -0.1) is 0 Å². The smallest absolute Gasteiger partial charge is 0.123 e. The summed E-state index contributed by atoms with van der Waals surface area (Å²) in [6, 6.07) is 6.34. The van der Waals surface area contributed by atoms with E-state index in [-0.39, 0.29) is 17.3 Å². The summed E-state index contributed by atoms with van der Waals surface area (Å²) < 4.78 is 12.7. The van der Waals surface area contributed by atoms with Gasteiger partial charge in [0.1, 0.15) is 5.82 Å². The third kappa shape index (κ3) is 1.53. The largest absolute Gasteiger partial charge is 0.330 e.